The summed E-state index contributed by atoms with van der Waals surface area (Å²) >= 11 is 0. The Balaban J connectivity index is 3.99. The van der Waals surface area contributed by atoms with Gasteiger partial charge in [-0.05, 0) is 12.8 Å². The van der Waals surface area contributed by atoms with E-state index in [-0.39, 0.29) is 6.54 Å². The van der Waals surface area contributed by atoms with Crippen molar-refractivity contribution in [3.8, 4) is 11.8 Å². The number of nitrogens with zero attached hydrogens (tertiary/aromatic N) is 1. The Bertz CT molecular complexity index is 213. The van der Waals surface area contributed by atoms with Crippen LogP contribution in [0.1, 0.15) is 20.8 Å². The van der Waals surface area contributed by atoms with Gasteiger partial charge >= 0.3 is 5.97 Å². The van der Waals surface area contributed by atoms with Gasteiger partial charge in [0, 0.05) is 6.54 Å². The molecule has 0 atom stereocenters. The first kappa shape index (κ1) is 12.0. The fourth-order valence-corrected chi connectivity index (χ4v) is 1.08. The summed E-state index contributed by atoms with van der Waals surface area (Å²) in [6.45, 7) is 7.28. The second kappa shape index (κ2) is 6.50. The third-order valence-corrected chi connectivity index (χ3v) is 1.46. The molecule has 0 aromatic rings. The van der Waals surface area contributed by atoms with Crippen LogP contribution in [0.5, 0.6) is 0 Å². The predicted molar refractivity (Wildman–Crippen MR) is 52.4 cm³/mol. The number of carbonyl (C=O) groups is 1. The highest BCUT2D eigenvalue weighted by Gasteiger charge is 2.09. The van der Waals surface area contributed by atoms with Crippen LogP contribution in [0.2, 0.25) is 0 Å². The molecular weight excluding hydrogens is 166 g/mol. The van der Waals surface area contributed by atoms with E-state index in [4.69, 9.17) is 5.11 Å². The van der Waals surface area contributed by atoms with E-state index in [0.717, 1.165) is 6.54 Å². The number of rotatable bonds is 5. The third kappa shape index (κ3) is 7.35. The lowest BCUT2D eigenvalue weighted by atomic mass is 10.2. The van der Waals surface area contributed by atoms with Crippen molar-refractivity contribution in [3.63, 3.8) is 0 Å². The lowest BCUT2D eigenvalue weighted by Crippen LogP contribution is -2.33. The van der Waals surface area contributed by atoms with Gasteiger partial charge in [-0.15, -0.1) is 5.92 Å². The molecule has 0 fully saturated rings. The minimum atomic E-state index is -0.793. The van der Waals surface area contributed by atoms with Gasteiger partial charge in [0.2, 0.25) is 0 Å². The molecule has 1 N–H and O–H groups in total. The zero-order chi connectivity index (χ0) is 10.3. The van der Waals surface area contributed by atoms with Crippen LogP contribution in [0.3, 0.4) is 0 Å². The molecule has 0 aliphatic heterocycles. The van der Waals surface area contributed by atoms with Gasteiger partial charge in [-0.3, -0.25) is 9.69 Å². The zero-order valence-corrected chi connectivity index (χ0v) is 8.50. The number of hydrogen-bond acceptors (Lipinski definition) is 2. The fourth-order valence-electron chi connectivity index (χ4n) is 1.08. The van der Waals surface area contributed by atoms with Gasteiger partial charge in [0.25, 0.3) is 0 Å². The average molecular weight is 183 g/mol. The summed E-state index contributed by atoms with van der Waals surface area (Å²) in [5.41, 5.74) is 0. The first-order valence-electron chi connectivity index (χ1n) is 4.40. The van der Waals surface area contributed by atoms with Gasteiger partial charge in [-0.2, -0.15) is 0 Å². The van der Waals surface area contributed by atoms with Crippen LogP contribution in [-0.4, -0.2) is 35.6 Å². The van der Waals surface area contributed by atoms with Crippen molar-refractivity contribution in [2.75, 3.05) is 19.6 Å². The van der Waals surface area contributed by atoms with Gasteiger partial charge < -0.3 is 5.11 Å². The van der Waals surface area contributed by atoms with E-state index >= 15 is 0 Å². The number of aliphatic carboxylic acids is 1. The van der Waals surface area contributed by atoms with E-state index in [2.05, 4.69) is 25.7 Å². The van der Waals surface area contributed by atoms with Crippen LogP contribution < -0.4 is 0 Å². The van der Waals surface area contributed by atoms with Crippen LogP contribution in [0, 0.1) is 17.8 Å². The molecule has 0 rings (SSSR count). The van der Waals surface area contributed by atoms with Crippen molar-refractivity contribution in [1.82, 2.24) is 4.90 Å². The van der Waals surface area contributed by atoms with Crippen molar-refractivity contribution in [3.05, 3.63) is 0 Å². The van der Waals surface area contributed by atoms with Crippen molar-refractivity contribution in [2.45, 2.75) is 20.8 Å². The van der Waals surface area contributed by atoms with Gasteiger partial charge in [0.1, 0.15) is 0 Å². The maximum atomic E-state index is 10.5. The molecule has 0 aliphatic rings. The molecule has 0 amide bonds. The highest BCUT2D eigenvalue weighted by molar-refractivity contribution is 5.69. The Labute approximate surface area is 79.7 Å². The molecule has 0 radical (unpaired) electrons. The molecule has 0 saturated carbocycles. The molecule has 0 unspecified atom stereocenters. The lowest BCUT2D eigenvalue weighted by molar-refractivity contribution is -0.138. The highest BCUT2D eigenvalue weighted by atomic mass is 16.4. The summed E-state index contributed by atoms with van der Waals surface area (Å²) in [7, 11) is 0. The standard InChI is InChI=1S/C10H17NO2/c1-4-5-6-11(7-9(2)3)8-10(12)13/h9H,6-8H2,1-3H3,(H,12,13). The molecule has 0 spiro atoms. The first-order valence-corrected chi connectivity index (χ1v) is 4.40. The smallest absolute Gasteiger partial charge is 0.317 e. The highest BCUT2D eigenvalue weighted by Crippen LogP contribution is 1.97. The van der Waals surface area contributed by atoms with Crippen molar-refractivity contribution < 1.29 is 9.90 Å². The van der Waals surface area contributed by atoms with E-state index in [0.29, 0.717) is 12.5 Å². The Kier molecular flexibility index (Phi) is 5.99. The Morgan fingerprint density at radius 2 is 2.15 bits per heavy atom. The largest absolute Gasteiger partial charge is 0.480 e. The molecular formula is C10H17NO2. The molecule has 0 saturated heterocycles. The molecule has 0 aromatic carbocycles. The quantitative estimate of drug-likeness (QED) is 0.648. The van der Waals surface area contributed by atoms with Crippen LogP contribution in [-0.2, 0) is 4.79 Å². The Morgan fingerprint density at radius 3 is 2.54 bits per heavy atom. The molecule has 74 valence electrons. The minimum absolute atomic E-state index is 0.0762. The molecule has 13 heavy (non-hydrogen) atoms. The molecule has 0 heterocycles. The van der Waals surface area contributed by atoms with Crippen molar-refractivity contribution in [2.24, 2.45) is 5.92 Å². The van der Waals surface area contributed by atoms with Crippen LogP contribution in [0.15, 0.2) is 0 Å². The third-order valence-electron chi connectivity index (χ3n) is 1.46. The van der Waals surface area contributed by atoms with Crippen molar-refractivity contribution >= 4 is 5.97 Å². The Hall–Kier alpha value is -1.01. The fraction of sp³-hybridized carbons (Fsp3) is 0.700. The van der Waals surface area contributed by atoms with Gasteiger partial charge in [0.15, 0.2) is 0 Å². The summed E-state index contributed by atoms with van der Waals surface area (Å²) in [4.78, 5) is 12.3. The molecule has 3 nitrogen and oxygen atoms in total. The SMILES string of the molecule is CC#CCN(CC(=O)O)CC(C)C. The van der Waals surface area contributed by atoms with Crippen LogP contribution in [0.25, 0.3) is 0 Å². The van der Waals surface area contributed by atoms with Crippen LogP contribution >= 0.6 is 0 Å². The maximum Gasteiger partial charge on any atom is 0.317 e. The molecule has 0 aliphatic carbocycles. The van der Waals surface area contributed by atoms with E-state index in [1.165, 1.54) is 0 Å². The lowest BCUT2D eigenvalue weighted by Gasteiger charge is -2.19. The monoisotopic (exact) mass is 183 g/mol. The zero-order valence-electron chi connectivity index (χ0n) is 8.50. The molecule has 0 bridgehead atoms. The number of carboxylic acids is 1. The summed E-state index contributed by atoms with van der Waals surface area (Å²) in [6, 6.07) is 0. The van der Waals surface area contributed by atoms with Gasteiger partial charge in [0.05, 0.1) is 13.1 Å². The second-order valence-corrected chi connectivity index (χ2v) is 3.38. The van der Waals surface area contributed by atoms with E-state index in [1.54, 1.807) is 6.92 Å². The van der Waals surface area contributed by atoms with Gasteiger partial charge in [-0.25, -0.2) is 0 Å². The first-order chi connectivity index (χ1) is 6.06. The van der Waals surface area contributed by atoms with Crippen LogP contribution in [0.4, 0.5) is 0 Å². The maximum absolute atomic E-state index is 10.5. The van der Waals surface area contributed by atoms with E-state index in [1.807, 2.05) is 4.90 Å². The molecule has 3 heteroatoms. The van der Waals surface area contributed by atoms with Gasteiger partial charge in [-0.1, -0.05) is 19.8 Å². The Morgan fingerprint density at radius 1 is 1.54 bits per heavy atom. The predicted octanol–water partition coefficient (Wildman–Crippen LogP) is 1.05. The summed E-state index contributed by atoms with van der Waals surface area (Å²) in [5, 5.41) is 8.61. The summed E-state index contributed by atoms with van der Waals surface area (Å²) < 4.78 is 0. The van der Waals surface area contributed by atoms with E-state index < -0.39 is 5.97 Å². The van der Waals surface area contributed by atoms with E-state index in [9.17, 15) is 4.79 Å². The average Bonchev–Trinajstić information content (AvgIpc) is 1.98. The number of hydrogen-bond donors (Lipinski definition) is 1. The second-order valence-electron chi connectivity index (χ2n) is 3.38. The number of carboxylic acid groups (broad SMARTS) is 1. The normalized spacial score (nSPS) is 9.92. The van der Waals surface area contributed by atoms with Crippen molar-refractivity contribution in [1.29, 1.82) is 0 Å². The minimum Gasteiger partial charge on any atom is -0.480 e. The molecule has 0 aromatic heterocycles. The summed E-state index contributed by atoms with van der Waals surface area (Å²) in [6.07, 6.45) is 0. The topological polar surface area (TPSA) is 40.5 Å². The summed E-state index contributed by atoms with van der Waals surface area (Å²) in [5.74, 6) is 5.31.